The topological polar surface area (TPSA) is 59.0 Å². The molecule has 5 heteroatoms. The summed E-state index contributed by atoms with van der Waals surface area (Å²) in [4.78, 5) is 13.2. The van der Waals surface area contributed by atoms with Gasteiger partial charge >= 0.3 is 5.97 Å². The Morgan fingerprint density at radius 3 is 2.69 bits per heavy atom. The Bertz CT molecular complexity index is 265. The SMILES string of the molecule is COC1CC(N(C)C2COCC2C(=O)O)C1. The zero-order valence-electron chi connectivity index (χ0n) is 9.76. The summed E-state index contributed by atoms with van der Waals surface area (Å²) in [6, 6.07) is 0.457. The number of hydrogen-bond acceptors (Lipinski definition) is 4. The predicted octanol–water partition coefficient (Wildman–Crippen LogP) is 0.195. The van der Waals surface area contributed by atoms with Crippen LogP contribution in [0.1, 0.15) is 12.8 Å². The van der Waals surface area contributed by atoms with E-state index in [1.165, 1.54) is 0 Å². The van der Waals surface area contributed by atoms with Gasteiger partial charge in [0.1, 0.15) is 0 Å². The lowest BCUT2D eigenvalue weighted by molar-refractivity contribution is -0.143. The Morgan fingerprint density at radius 2 is 2.12 bits per heavy atom. The third-order valence-corrected chi connectivity index (χ3v) is 3.87. The van der Waals surface area contributed by atoms with Crippen molar-refractivity contribution < 1.29 is 19.4 Å². The monoisotopic (exact) mass is 229 g/mol. The van der Waals surface area contributed by atoms with Gasteiger partial charge in [-0.3, -0.25) is 9.69 Å². The van der Waals surface area contributed by atoms with E-state index in [4.69, 9.17) is 14.6 Å². The van der Waals surface area contributed by atoms with E-state index in [1.807, 2.05) is 7.05 Å². The molecule has 0 radical (unpaired) electrons. The summed E-state index contributed by atoms with van der Waals surface area (Å²) in [5.41, 5.74) is 0. The highest BCUT2D eigenvalue weighted by Crippen LogP contribution is 2.31. The molecular weight excluding hydrogens is 210 g/mol. The van der Waals surface area contributed by atoms with E-state index in [1.54, 1.807) is 7.11 Å². The summed E-state index contributed by atoms with van der Waals surface area (Å²) in [7, 11) is 3.71. The summed E-state index contributed by atoms with van der Waals surface area (Å²) in [6.45, 7) is 0.867. The molecule has 1 saturated carbocycles. The number of hydrogen-bond donors (Lipinski definition) is 1. The maximum atomic E-state index is 11.0. The number of carboxylic acid groups (broad SMARTS) is 1. The lowest BCUT2D eigenvalue weighted by Crippen LogP contribution is -2.53. The number of methoxy groups -OCH3 is 1. The van der Waals surface area contributed by atoms with Crippen LogP contribution in [0, 0.1) is 5.92 Å². The Hall–Kier alpha value is -0.650. The predicted molar refractivity (Wildman–Crippen MR) is 57.3 cm³/mol. The highest BCUT2D eigenvalue weighted by atomic mass is 16.5. The molecule has 1 N–H and O–H groups in total. The molecule has 0 spiro atoms. The van der Waals surface area contributed by atoms with Gasteiger partial charge in [-0.2, -0.15) is 0 Å². The van der Waals surface area contributed by atoms with Gasteiger partial charge in [-0.05, 0) is 19.9 Å². The van der Waals surface area contributed by atoms with Crippen LogP contribution in [0.4, 0.5) is 0 Å². The number of rotatable bonds is 4. The van der Waals surface area contributed by atoms with Gasteiger partial charge in [-0.25, -0.2) is 0 Å². The van der Waals surface area contributed by atoms with Gasteiger partial charge < -0.3 is 14.6 Å². The molecule has 5 nitrogen and oxygen atoms in total. The van der Waals surface area contributed by atoms with E-state index >= 15 is 0 Å². The molecule has 92 valence electrons. The van der Waals surface area contributed by atoms with Crippen molar-refractivity contribution in [3.05, 3.63) is 0 Å². The van der Waals surface area contributed by atoms with Crippen molar-refractivity contribution in [1.82, 2.24) is 4.90 Å². The molecule has 1 heterocycles. The molecule has 2 atom stereocenters. The average molecular weight is 229 g/mol. The summed E-state index contributed by atoms with van der Waals surface area (Å²) in [5, 5.41) is 9.07. The molecule has 1 aliphatic heterocycles. The van der Waals surface area contributed by atoms with Crippen LogP contribution >= 0.6 is 0 Å². The van der Waals surface area contributed by atoms with Crippen LogP contribution in [0.3, 0.4) is 0 Å². The van der Waals surface area contributed by atoms with Crippen LogP contribution in [-0.4, -0.2) is 61.5 Å². The lowest BCUT2D eigenvalue weighted by atomic mass is 9.86. The fourth-order valence-corrected chi connectivity index (χ4v) is 2.51. The fraction of sp³-hybridized carbons (Fsp3) is 0.909. The Morgan fingerprint density at radius 1 is 1.44 bits per heavy atom. The minimum atomic E-state index is -0.753. The molecule has 0 aromatic heterocycles. The molecule has 0 aromatic carbocycles. The summed E-state index contributed by atoms with van der Waals surface area (Å²) in [6.07, 6.45) is 2.34. The van der Waals surface area contributed by atoms with Crippen molar-refractivity contribution in [2.45, 2.75) is 31.0 Å². The van der Waals surface area contributed by atoms with Crippen LogP contribution in [0.2, 0.25) is 0 Å². The second-order valence-electron chi connectivity index (χ2n) is 4.70. The van der Waals surface area contributed by atoms with Gasteiger partial charge in [0.05, 0.1) is 25.2 Å². The molecule has 2 fully saturated rings. The number of nitrogens with zero attached hydrogens (tertiary/aromatic N) is 1. The van der Waals surface area contributed by atoms with Gasteiger partial charge in [0.25, 0.3) is 0 Å². The van der Waals surface area contributed by atoms with E-state index in [2.05, 4.69) is 4.90 Å². The second kappa shape index (κ2) is 4.69. The van der Waals surface area contributed by atoms with Crippen LogP contribution in [0.25, 0.3) is 0 Å². The Balaban J connectivity index is 1.89. The van der Waals surface area contributed by atoms with E-state index in [-0.39, 0.29) is 12.0 Å². The molecule has 0 aromatic rings. The maximum Gasteiger partial charge on any atom is 0.310 e. The van der Waals surface area contributed by atoms with Crippen molar-refractivity contribution in [3.8, 4) is 0 Å². The quantitative estimate of drug-likeness (QED) is 0.746. The molecular formula is C11H19NO4. The zero-order chi connectivity index (χ0) is 11.7. The number of likely N-dealkylation sites (N-methyl/N-ethyl adjacent to an activating group) is 1. The smallest absolute Gasteiger partial charge is 0.310 e. The molecule has 1 saturated heterocycles. The standard InChI is InChI=1S/C11H19NO4/c1-12(7-3-8(4-7)15-2)10-6-16-5-9(10)11(13)14/h7-10H,3-6H2,1-2H3,(H,13,14). The molecule has 2 aliphatic rings. The average Bonchev–Trinajstić information content (AvgIpc) is 2.63. The Labute approximate surface area is 95.3 Å². The third-order valence-electron chi connectivity index (χ3n) is 3.87. The first-order chi connectivity index (χ1) is 7.63. The van der Waals surface area contributed by atoms with Crippen LogP contribution < -0.4 is 0 Å². The van der Waals surface area contributed by atoms with Gasteiger partial charge in [0.2, 0.25) is 0 Å². The third kappa shape index (κ3) is 2.07. The maximum absolute atomic E-state index is 11.0. The minimum absolute atomic E-state index is 0.0142. The summed E-state index contributed by atoms with van der Waals surface area (Å²) in [5.74, 6) is -1.14. The lowest BCUT2D eigenvalue weighted by Gasteiger charge is -2.43. The van der Waals surface area contributed by atoms with Crippen molar-refractivity contribution in [2.24, 2.45) is 5.92 Å². The van der Waals surface area contributed by atoms with Crippen molar-refractivity contribution in [1.29, 1.82) is 0 Å². The summed E-state index contributed by atoms with van der Waals surface area (Å²) < 4.78 is 10.5. The Kier molecular flexibility index (Phi) is 3.47. The van der Waals surface area contributed by atoms with Crippen molar-refractivity contribution >= 4 is 5.97 Å². The fourth-order valence-electron chi connectivity index (χ4n) is 2.51. The van der Waals surface area contributed by atoms with E-state index < -0.39 is 5.97 Å². The molecule has 0 amide bonds. The van der Waals surface area contributed by atoms with Crippen LogP contribution in [-0.2, 0) is 14.3 Å². The van der Waals surface area contributed by atoms with Gasteiger partial charge in [0.15, 0.2) is 0 Å². The number of carbonyl (C=O) groups is 1. The number of carboxylic acids is 1. The highest BCUT2D eigenvalue weighted by Gasteiger charge is 2.42. The molecule has 16 heavy (non-hydrogen) atoms. The van der Waals surface area contributed by atoms with Crippen molar-refractivity contribution in [2.75, 3.05) is 27.4 Å². The largest absolute Gasteiger partial charge is 0.481 e. The molecule has 2 unspecified atom stereocenters. The first-order valence-corrected chi connectivity index (χ1v) is 5.68. The van der Waals surface area contributed by atoms with Gasteiger partial charge in [0, 0.05) is 19.2 Å². The first-order valence-electron chi connectivity index (χ1n) is 5.68. The zero-order valence-corrected chi connectivity index (χ0v) is 9.76. The summed E-state index contributed by atoms with van der Waals surface area (Å²) >= 11 is 0. The van der Waals surface area contributed by atoms with Crippen LogP contribution in [0.5, 0.6) is 0 Å². The van der Waals surface area contributed by atoms with Gasteiger partial charge in [-0.1, -0.05) is 0 Å². The first kappa shape index (κ1) is 11.8. The van der Waals surface area contributed by atoms with Crippen LogP contribution in [0.15, 0.2) is 0 Å². The van der Waals surface area contributed by atoms with E-state index in [0.29, 0.717) is 25.4 Å². The van der Waals surface area contributed by atoms with E-state index in [0.717, 1.165) is 12.8 Å². The molecule has 0 bridgehead atoms. The van der Waals surface area contributed by atoms with Gasteiger partial charge in [-0.15, -0.1) is 0 Å². The second-order valence-corrected chi connectivity index (χ2v) is 4.70. The number of aliphatic carboxylic acids is 1. The minimum Gasteiger partial charge on any atom is -0.481 e. The highest BCUT2D eigenvalue weighted by molar-refractivity contribution is 5.71. The van der Waals surface area contributed by atoms with E-state index in [9.17, 15) is 4.79 Å². The van der Waals surface area contributed by atoms with Crippen molar-refractivity contribution in [3.63, 3.8) is 0 Å². The number of ether oxygens (including phenoxy) is 2. The normalized spacial score (nSPS) is 38.7. The molecule has 2 rings (SSSR count). The molecule has 1 aliphatic carbocycles.